The Balaban J connectivity index is 2.02. The molecule has 0 atom stereocenters. The van der Waals surface area contributed by atoms with Gasteiger partial charge in [0, 0.05) is 35.5 Å². The Hall–Kier alpha value is -1.97. The molecule has 0 spiro atoms. The summed E-state index contributed by atoms with van der Waals surface area (Å²) in [6.45, 7) is 0. The van der Waals surface area contributed by atoms with Gasteiger partial charge in [0.25, 0.3) is 5.92 Å². The van der Waals surface area contributed by atoms with E-state index in [1.807, 2.05) is 18.2 Å². The molecule has 0 fully saturated rings. The molecule has 98 valence electrons. The van der Waals surface area contributed by atoms with Gasteiger partial charge in [0.05, 0.1) is 0 Å². The molecule has 0 aliphatic heterocycles. The zero-order chi connectivity index (χ0) is 13.5. The number of allylic oxidation sites excluding steroid dienone is 2. The van der Waals surface area contributed by atoms with E-state index in [1.54, 1.807) is 12.3 Å². The molecule has 1 aromatic heterocycles. The van der Waals surface area contributed by atoms with Gasteiger partial charge in [-0.3, -0.25) is 4.79 Å². The summed E-state index contributed by atoms with van der Waals surface area (Å²) in [7, 11) is 0. The van der Waals surface area contributed by atoms with Crippen LogP contribution < -0.4 is 0 Å². The first kappa shape index (κ1) is 12.1. The van der Waals surface area contributed by atoms with Gasteiger partial charge in [-0.1, -0.05) is 12.1 Å². The molecule has 1 aliphatic rings. The highest BCUT2D eigenvalue weighted by Gasteiger charge is 2.31. The van der Waals surface area contributed by atoms with E-state index < -0.39 is 5.92 Å². The number of rotatable bonds is 2. The Morgan fingerprint density at radius 1 is 1.32 bits per heavy atom. The first-order valence-electron chi connectivity index (χ1n) is 6.23. The van der Waals surface area contributed by atoms with Crippen molar-refractivity contribution in [1.29, 1.82) is 0 Å². The molecule has 4 heteroatoms. The van der Waals surface area contributed by atoms with Gasteiger partial charge in [-0.15, -0.1) is 0 Å². The molecular formula is C15H13F2NO. The summed E-state index contributed by atoms with van der Waals surface area (Å²) < 4.78 is 26.2. The van der Waals surface area contributed by atoms with Gasteiger partial charge in [-0.05, 0) is 29.7 Å². The number of carbonyl (C=O) groups is 1. The Morgan fingerprint density at radius 2 is 2.16 bits per heavy atom. The smallest absolute Gasteiger partial charge is 0.251 e. The fourth-order valence-corrected chi connectivity index (χ4v) is 2.50. The highest BCUT2D eigenvalue weighted by molar-refractivity contribution is 5.98. The molecule has 2 aromatic rings. The lowest BCUT2D eigenvalue weighted by Gasteiger charge is -2.21. The van der Waals surface area contributed by atoms with Gasteiger partial charge in [0.2, 0.25) is 0 Å². The van der Waals surface area contributed by atoms with E-state index >= 15 is 0 Å². The molecule has 1 heterocycles. The van der Waals surface area contributed by atoms with Crippen molar-refractivity contribution in [3.05, 3.63) is 41.6 Å². The largest absolute Gasteiger partial charge is 0.360 e. The van der Waals surface area contributed by atoms with Crippen molar-refractivity contribution in [1.82, 2.24) is 4.98 Å². The molecule has 0 amide bonds. The molecule has 0 bridgehead atoms. The topological polar surface area (TPSA) is 32.9 Å². The van der Waals surface area contributed by atoms with Crippen LogP contribution in [-0.2, 0) is 0 Å². The van der Waals surface area contributed by atoms with Crippen molar-refractivity contribution >= 4 is 22.8 Å². The third-order valence-electron chi connectivity index (χ3n) is 3.62. The number of hydrogen-bond acceptors (Lipinski definition) is 1. The van der Waals surface area contributed by atoms with Crippen molar-refractivity contribution in [2.24, 2.45) is 0 Å². The molecule has 0 saturated carbocycles. The van der Waals surface area contributed by atoms with Gasteiger partial charge < -0.3 is 4.98 Å². The summed E-state index contributed by atoms with van der Waals surface area (Å²) in [5, 5.41) is 0.839. The average molecular weight is 261 g/mol. The number of fused-ring (bicyclic) bond motifs is 1. The Bertz CT molecular complexity index is 670. The lowest BCUT2D eigenvalue weighted by atomic mass is 9.91. The molecule has 1 aliphatic carbocycles. The van der Waals surface area contributed by atoms with E-state index in [9.17, 15) is 13.6 Å². The molecular weight excluding hydrogens is 248 g/mol. The second-order valence-corrected chi connectivity index (χ2v) is 4.91. The third kappa shape index (κ3) is 2.18. The number of carbonyl (C=O) groups excluding carboxylic acids is 1. The van der Waals surface area contributed by atoms with Crippen LogP contribution >= 0.6 is 0 Å². The van der Waals surface area contributed by atoms with Crippen LogP contribution in [0.3, 0.4) is 0 Å². The van der Waals surface area contributed by atoms with Crippen molar-refractivity contribution in [3.63, 3.8) is 0 Å². The summed E-state index contributed by atoms with van der Waals surface area (Å²) in [6, 6.07) is 5.68. The summed E-state index contributed by atoms with van der Waals surface area (Å²) in [5.74, 6) is -2.57. The normalized spacial score (nSPS) is 18.3. The minimum Gasteiger partial charge on any atom is -0.360 e. The Labute approximate surface area is 109 Å². The number of H-pyrrole nitrogens is 1. The van der Waals surface area contributed by atoms with Crippen LogP contribution in [0.1, 0.15) is 35.2 Å². The number of nitrogens with one attached hydrogen (secondary N) is 1. The lowest BCUT2D eigenvalue weighted by molar-refractivity contribution is -0.00603. The van der Waals surface area contributed by atoms with Crippen LogP contribution in [0.4, 0.5) is 8.78 Å². The molecule has 0 unspecified atom stereocenters. The number of aldehydes is 1. The number of aromatic amines is 1. The first-order chi connectivity index (χ1) is 9.09. The van der Waals surface area contributed by atoms with E-state index in [4.69, 9.17) is 0 Å². The highest BCUT2D eigenvalue weighted by Crippen LogP contribution is 2.37. The van der Waals surface area contributed by atoms with Crippen LogP contribution in [0.5, 0.6) is 0 Å². The van der Waals surface area contributed by atoms with Crippen LogP contribution in [0.25, 0.3) is 16.5 Å². The maximum atomic E-state index is 13.1. The van der Waals surface area contributed by atoms with Gasteiger partial charge in [-0.2, -0.15) is 0 Å². The Morgan fingerprint density at radius 3 is 2.84 bits per heavy atom. The molecule has 0 radical (unpaired) electrons. The van der Waals surface area contributed by atoms with Gasteiger partial charge in [0.1, 0.15) is 0 Å². The monoisotopic (exact) mass is 261 g/mol. The molecule has 3 rings (SSSR count). The summed E-state index contributed by atoms with van der Waals surface area (Å²) in [4.78, 5) is 13.9. The first-order valence-corrected chi connectivity index (χ1v) is 6.23. The highest BCUT2D eigenvalue weighted by atomic mass is 19.3. The quantitative estimate of drug-likeness (QED) is 0.808. The van der Waals surface area contributed by atoms with Crippen LogP contribution in [0.2, 0.25) is 0 Å². The molecule has 0 saturated heterocycles. The van der Waals surface area contributed by atoms with E-state index in [-0.39, 0.29) is 12.8 Å². The minimum absolute atomic E-state index is 0.107. The maximum absolute atomic E-state index is 13.1. The fraction of sp³-hybridized carbons (Fsp3) is 0.267. The van der Waals surface area contributed by atoms with Crippen LogP contribution in [0.15, 0.2) is 30.5 Å². The van der Waals surface area contributed by atoms with Gasteiger partial charge >= 0.3 is 0 Å². The van der Waals surface area contributed by atoms with E-state index in [0.717, 1.165) is 28.3 Å². The number of aromatic nitrogens is 1. The lowest BCUT2D eigenvalue weighted by Crippen LogP contribution is -2.18. The SMILES string of the molecule is O=Cc1c[nH]c2ccc(C3=CCC(F)(F)CC3)cc12. The average Bonchev–Trinajstić information content (AvgIpc) is 2.80. The molecule has 2 nitrogen and oxygen atoms in total. The molecule has 1 aromatic carbocycles. The second-order valence-electron chi connectivity index (χ2n) is 4.91. The fourth-order valence-electron chi connectivity index (χ4n) is 2.50. The third-order valence-corrected chi connectivity index (χ3v) is 3.62. The minimum atomic E-state index is -2.57. The van der Waals surface area contributed by atoms with E-state index in [2.05, 4.69) is 4.98 Å². The van der Waals surface area contributed by atoms with E-state index in [1.165, 1.54) is 0 Å². The second kappa shape index (κ2) is 4.30. The number of hydrogen-bond donors (Lipinski definition) is 1. The molecule has 19 heavy (non-hydrogen) atoms. The van der Waals surface area contributed by atoms with Crippen molar-refractivity contribution in [3.8, 4) is 0 Å². The van der Waals surface area contributed by atoms with Gasteiger partial charge in [0.15, 0.2) is 6.29 Å². The van der Waals surface area contributed by atoms with Crippen molar-refractivity contribution < 1.29 is 13.6 Å². The maximum Gasteiger partial charge on any atom is 0.251 e. The zero-order valence-electron chi connectivity index (χ0n) is 10.2. The predicted octanol–water partition coefficient (Wildman–Crippen LogP) is 4.18. The number of benzene rings is 1. The summed E-state index contributed by atoms with van der Waals surface area (Å²) in [6.07, 6.45) is 4.13. The zero-order valence-corrected chi connectivity index (χ0v) is 10.2. The van der Waals surface area contributed by atoms with E-state index in [0.29, 0.717) is 12.0 Å². The predicted molar refractivity (Wildman–Crippen MR) is 70.5 cm³/mol. The van der Waals surface area contributed by atoms with Crippen LogP contribution in [-0.4, -0.2) is 17.2 Å². The standard InChI is InChI=1S/C15H13F2NO/c16-15(17)5-3-10(4-6-15)11-1-2-14-13(7-11)12(9-19)8-18-14/h1-3,7-9,18H,4-6H2. The number of alkyl halides is 2. The summed E-state index contributed by atoms with van der Waals surface area (Å²) >= 11 is 0. The summed E-state index contributed by atoms with van der Waals surface area (Å²) in [5.41, 5.74) is 3.34. The Kier molecular flexibility index (Phi) is 2.73. The van der Waals surface area contributed by atoms with Crippen molar-refractivity contribution in [2.75, 3.05) is 0 Å². The van der Waals surface area contributed by atoms with Crippen LogP contribution in [0, 0.1) is 0 Å². The van der Waals surface area contributed by atoms with Gasteiger partial charge in [-0.25, -0.2) is 8.78 Å². The molecule has 1 N–H and O–H groups in total. The number of halogens is 2. The van der Waals surface area contributed by atoms with Crippen molar-refractivity contribution in [2.45, 2.75) is 25.2 Å².